The number of nitrogens with zero attached hydrogens (tertiary/aromatic N) is 1. The largest absolute Gasteiger partial charge is 0.481 e. The van der Waals surface area contributed by atoms with E-state index in [9.17, 15) is 14.0 Å². The second-order valence-electron chi connectivity index (χ2n) is 4.47. The summed E-state index contributed by atoms with van der Waals surface area (Å²) in [5, 5.41) is 8.89. The fraction of sp³-hybridized carbons (Fsp3) is 0.429. The predicted octanol–water partition coefficient (Wildman–Crippen LogP) is 2.40. The van der Waals surface area contributed by atoms with Crippen molar-refractivity contribution in [2.45, 2.75) is 20.3 Å². The van der Waals surface area contributed by atoms with Crippen LogP contribution in [0.1, 0.15) is 30.6 Å². The molecule has 0 aliphatic rings. The van der Waals surface area contributed by atoms with E-state index in [0.29, 0.717) is 13.0 Å². The zero-order valence-corrected chi connectivity index (χ0v) is 11.1. The van der Waals surface area contributed by atoms with Gasteiger partial charge in [0.1, 0.15) is 5.82 Å². The van der Waals surface area contributed by atoms with Crippen LogP contribution in [0.2, 0.25) is 0 Å². The molecule has 0 aliphatic heterocycles. The van der Waals surface area contributed by atoms with E-state index in [1.165, 1.54) is 30.0 Å². The van der Waals surface area contributed by atoms with E-state index in [1.807, 2.05) is 6.92 Å². The Labute approximate surface area is 111 Å². The van der Waals surface area contributed by atoms with E-state index >= 15 is 0 Å². The monoisotopic (exact) mass is 267 g/mol. The number of aliphatic carboxylic acids is 1. The lowest BCUT2D eigenvalue weighted by atomic mass is 10.1. The third kappa shape index (κ3) is 4.05. The summed E-state index contributed by atoms with van der Waals surface area (Å²) >= 11 is 0. The van der Waals surface area contributed by atoms with Crippen LogP contribution in [-0.2, 0) is 4.79 Å². The molecule has 0 aromatic heterocycles. The molecule has 4 nitrogen and oxygen atoms in total. The average molecular weight is 267 g/mol. The Kier molecular flexibility index (Phi) is 5.48. The Balaban J connectivity index is 2.90. The van der Waals surface area contributed by atoms with Gasteiger partial charge in [0.15, 0.2) is 0 Å². The molecule has 0 saturated heterocycles. The van der Waals surface area contributed by atoms with Gasteiger partial charge in [0.05, 0.1) is 11.5 Å². The molecule has 0 heterocycles. The van der Waals surface area contributed by atoms with Crippen LogP contribution in [0.15, 0.2) is 24.3 Å². The summed E-state index contributed by atoms with van der Waals surface area (Å²) in [6, 6.07) is 5.72. The van der Waals surface area contributed by atoms with Gasteiger partial charge in [-0.1, -0.05) is 26.0 Å². The van der Waals surface area contributed by atoms with Gasteiger partial charge < -0.3 is 10.0 Å². The smallest absolute Gasteiger partial charge is 0.308 e. The van der Waals surface area contributed by atoms with Crippen molar-refractivity contribution in [2.24, 2.45) is 5.92 Å². The van der Waals surface area contributed by atoms with E-state index in [-0.39, 0.29) is 12.1 Å². The number of hydrogen-bond donors (Lipinski definition) is 1. The van der Waals surface area contributed by atoms with E-state index < -0.39 is 23.6 Å². The molecule has 0 aliphatic carbocycles. The molecular weight excluding hydrogens is 249 g/mol. The quantitative estimate of drug-likeness (QED) is 0.861. The van der Waals surface area contributed by atoms with Crippen LogP contribution in [0.3, 0.4) is 0 Å². The molecule has 1 N–H and O–H groups in total. The van der Waals surface area contributed by atoms with Gasteiger partial charge in [-0.3, -0.25) is 9.59 Å². The number of amides is 1. The number of halogens is 1. The maximum Gasteiger partial charge on any atom is 0.308 e. The lowest BCUT2D eigenvalue weighted by Gasteiger charge is -2.24. The van der Waals surface area contributed by atoms with Crippen LogP contribution in [0.4, 0.5) is 4.39 Å². The first-order valence-electron chi connectivity index (χ1n) is 6.24. The van der Waals surface area contributed by atoms with Crippen LogP contribution in [0, 0.1) is 11.7 Å². The molecule has 0 spiro atoms. The molecule has 0 fully saturated rings. The zero-order chi connectivity index (χ0) is 14.4. The van der Waals surface area contributed by atoms with Gasteiger partial charge in [0, 0.05) is 13.1 Å². The Morgan fingerprint density at radius 2 is 2.00 bits per heavy atom. The molecule has 19 heavy (non-hydrogen) atoms. The number of carboxylic acids is 1. The maximum atomic E-state index is 13.6. The first kappa shape index (κ1) is 15.1. The van der Waals surface area contributed by atoms with Crippen LogP contribution < -0.4 is 0 Å². The topological polar surface area (TPSA) is 57.6 Å². The number of rotatable bonds is 6. The number of carbonyl (C=O) groups is 2. The summed E-state index contributed by atoms with van der Waals surface area (Å²) in [7, 11) is 0. The van der Waals surface area contributed by atoms with E-state index in [2.05, 4.69) is 0 Å². The molecule has 104 valence electrons. The number of hydrogen-bond acceptors (Lipinski definition) is 2. The summed E-state index contributed by atoms with van der Waals surface area (Å²) < 4.78 is 13.6. The summed E-state index contributed by atoms with van der Waals surface area (Å²) in [4.78, 5) is 24.4. The summed E-state index contributed by atoms with van der Waals surface area (Å²) in [5.41, 5.74) is -0.0199. The number of carbonyl (C=O) groups excluding carboxylic acids is 1. The van der Waals surface area contributed by atoms with Crippen molar-refractivity contribution in [1.29, 1.82) is 0 Å². The van der Waals surface area contributed by atoms with Crippen molar-refractivity contribution < 1.29 is 19.1 Å². The van der Waals surface area contributed by atoms with Crippen LogP contribution in [0.25, 0.3) is 0 Å². The highest BCUT2D eigenvalue weighted by Crippen LogP contribution is 2.12. The van der Waals surface area contributed by atoms with Crippen molar-refractivity contribution >= 4 is 11.9 Å². The summed E-state index contributed by atoms with van der Waals surface area (Å²) in [6.07, 6.45) is 0.687. The van der Waals surface area contributed by atoms with Crippen LogP contribution in [0.5, 0.6) is 0 Å². The van der Waals surface area contributed by atoms with Crippen molar-refractivity contribution in [3.05, 3.63) is 35.6 Å². The van der Waals surface area contributed by atoms with E-state index in [4.69, 9.17) is 5.11 Å². The second kappa shape index (κ2) is 6.87. The highest BCUT2D eigenvalue weighted by atomic mass is 19.1. The minimum atomic E-state index is -0.970. The molecule has 1 unspecified atom stereocenters. The Morgan fingerprint density at radius 3 is 2.53 bits per heavy atom. The molecule has 1 amide bonds. The van der Waals surface area contributed by atoms with Gasteiger partial charge in [-0.25, -0.2) is 4.39 Å². The van der Waals surface area contributed by atoms with Crippen LogP contribution >= 0.6 is 0 Å². The highest BCUT2D eigenvalue weighted by Gasteiger charge is 2.22. The van der Waals surface area contributed by atoms with Crippen molar-refractivity contribution in [1.82, 2.24) is 4.90 Å². The van der Waals surface area contributed by atoms with Crippen molar-refractivity contribution in [3.63, 3.8) is 0 Å². The molecular formula is C14H18FNO3. The Bertz CT molecular complexity index is 462. The number of benzene rings is 1. The minimum absolute atomic E-state index is 0.0199. The maximum absolute atomic E-state index is 13.6. The van der Waals surface area contributed by atoms with Gasteiger partial charge in [-0.15, -0.1) is 0 Å². The zero-order valence-electron chi connectivity index (χ0n) is 11.1. The third-order valence-corrected chi connectivity index (χ3v) is 2.80. The van der Waals surface area contributed by atoms with Crippen molar-refractivity contribution in [3.8, 4) is 0 Å². The fourth-order valence-corrected chi connectivity index (χ4v) is 1.76. The van der Waals surface area contributed by atoms with Gasteiger partial charge in [0.2, 0.25) is 0 Å². The van der Waals surface area contributed by atoms with E-state index in [0.717, 1.165) is 0 Å². The molecule has 1 aromatic carbocycles. The lowest BCUT2D eigenvalue weighted by molar-refractivity contribution is -0.141. The molecule has 0 bridgehead atoms. The van der Waals surface area contributed by atoms with Gasteiger partial charge in [-0.2, -0.15) is 0 Å². The lowest BCUT2D eigenvalue weighted by Crippen LogP contribution is -2.37. The Morgan fingerprint density at radius 1 is 1.37 bits per heavy atom. The van der Waals surface area contributed by atoms with Gasteiger partial charge in [-0.05, 0) is 18.6 Å². The molecule has 0 radical (unpaired) electrons. The first-order chi connectivity index (χ1) is 8.97. The normalized spacial score (nSPS) is 11.9. The minimum Gasteiger partial charge on any atom is -0.481 e. The highest BCUT2D eigenvalue weighted by molar-refractivity contribution is 5.94. The van der Waals surface area contributed by atoms with Gasteiger partial charge in [0.25, 0.3) is 5.91 Å². The number of carboxylic acid groups (broad SMARTS) is 1. The predicted molar refractivity (Wildman–Crippen MR) is 69.4 cm³/mol. The van der Waals surface area contributed by atoms with Crippen molar-refractivity contribution in [2.75, 3.05) is 13.1 Å². The fourth-order valence-electron chi connectivity index (χ4n) is 1.76. The second-order valence-corrected chi connectivity index (χ2v) is 4.47. The van der Waals surface area contributed by atoms with E-state index in [1.54, 1.807) is 6.07 Å². The molecule has 0 saturated carbocycles. The molecule has 1 rings (SSSR count). The molecule has 1 atom stereocenters. The van der Waals surface area contributed by atoms with Crippen LogP contribution in [-0.4, -0.2) is 35.0 Å². The first-order valence-corrected chi connectivity index (χ1v) is 6.24. The standard InChI is InChI=1S/C14H18FNO3/c1-3-8-16(9-10(2)14(18)19)13(17)11-6-4-5-7-12(11)15/h4-7,10H,3,8-9H2,1-2H3,(H,18,19). The Hall–Kier alpha value is -1.91. The summed E-state index contributed by atoms with van der Waals surface area (Å²) in [5.74, 6) is -2.70. The third-order valence-electron chi connectivity index (χ3n) is 2.80. The summed E-state index contributed by atoms with van der Waals surface area (Å²) in [6.45, 7) is 3.90. The molecule has 5 heteroatoms. The van der Waals surface area contributed by atoms with Gasteiger partial charge >= 0.3 is 5.97 Å². The molecule has 1 aromatic rings. The average Bonchev–Trinajstić information content (AvgIpc) is 2.37. The SMILES string of the molecule is CCCN(CC(C)C(=O)O)C(=O)c1ccccc1F.